The van der Waals surface area contributed by atoms with E-state index in [9.17, 15) is 4.79 Å². The first-order chi connectivity index (χ1) is 11.3. The number of hydrogen-bond acceptors (Lipinski definition) is 1. The van der Waals surface area contributed by atoms with E-state index >= 15 is 0 Å². The first kappa shape index (κ1) is 14.5. The molecule has 1 heterocycles. The number of benzene rings is 2. The average Bonchev–Trinajstić information content (AvgIpc) is 2.91. The molecule has 0 N–H and O–H groups in total. The van der Waals surface area contributed by atoms with Crippen LogP contribution in [0, 0.1) is 5.92 Å². The second-order valence-corrected chi connectivity index (χ2v) is 6.96. The molecule has 0 bridgehead atoms. The zero-order chi connectivity index (χ0) is 15.6. The maximum atomic E-state index is 12.5. The fourth-order valence-electron chi connectivity index (χ4n) is 4.42. The van der Waals surface area contributed by atoms with Gasteiger partial charge in [0.1, 0.15) is 0 Å². The van der Waals surface area contributed by atoms with Gasteiger partial charge in [-0.1, -0.05) is 60.7 Å². The third-order valence-electron chi connectivity index (χ3n) is 5.57. The van der Waals surface area contributed by atoms with Crippen LogP contribution in [0.5, 0.6) is 0 Å². The van der Waals surface area contributed by atoms with Gasteiger partial charge in [-0.05, 0) is 42.2 Å². The van der Waals surface area contributed by atoms with Crippen LogP contribution >= 0.6 is 0 Å². The van der Waals surface area contributed by atoms with Crippen molar-refractivity contribution < 1.29 is 4.79 Å². The summed E-state index contributed by atoms with van der Waals surface area (Å²) in [5.74, 6) is 1.50. The summed E-state index contributed by atoms with van der Waals surface area (Å²) in [6.45, 7) is 0.775. The molecule has 118 valence electrons. The average molecular weight is 305 g/mol. The molecule has 2 aliphatic rings. The summed E-state index contributed by atoms with van der Waals surface area (Å²) in [7, 11) is 0. The Bertz CT molecular complexity index is 667. The molecule has 1 aliphatic carbocycles. The van der Waals surface area contributed by atoms with Crippen LogP contribution in [0.1, 0.15) is 42.7 Å². The Labute approximate surface area is 138 Å². The lowest BCUT2D eigenvalue weighted by Gasteiger charge is -2.35. The van der Waals surface area contributed by atoms with Gasteiger partial charge in [-0.2, -0.15) is 0 Å². The van der Waals surface area contributed by atoms with Crippen LogP contribution in [0.3, 0.4) is 0 Å². The zero-order valence-corrected chi connectivity index (χ0v) is 13.4. The Balaban J connectivity index is 1.47. The third kappa shape index (κ3) is 2.90. The first-order valence-corrected chi connectivity index (χ1v) is 8.69. The molecule has 0 unspecified atom stereocenters. The highest BCUT2D eigenvalue weighted by atomic mass is 16.2. The zero-order valence-electron chi connectivity index (χ0n) is 13.4. The minimum atomic E-state index is 0.345. The van der Waals surface area contributed by atoms with Crippen LogP contribution in [-0.2, 0) is 11.3 Å². The largest absolute Gasteiger partial charge is 0.335 e. The fourth-order valence-corrected chi connectivity index (χ4v) is 4.42. The number of likely N-dealkylation sites (tertiary alicyclic amines) is 1. The highest BCUT2D eigenvalue weighted by Gasteiger charge is 2.43. The van der Waals surface area contributed by atoms with Crippen molar-refractivity contribution >= 4 is 5.91 Å². The van der Waals surface area contributed by atoms with Crippen LogP contribution in [0.2, 0.25) is 0 Å². The van der Waals surface area contributed by atoms with E-state index in [4.69, 9.17) is 0 Å². The SMILES string of the molecule is O=C1C[C@@H]2C[C@@H](c3ccccc3)CC[C@@H]2N1Cc1ccccc1. The Hall–Kier alpha value is -2.09. The molecule has 1 aliphatic heterocycles. The molecule has 0 radical (unpaired) electrons. The van der Waals surface area contributed by atoms with Gasteiger partial charge < -0.3 is 4.90 Å². The molecule has 0 spiro atoms. The van der Waals surface area contributed by atoms with Crippen LogP contribution in [0.15, 0.2) is 60.7 Å². The van der Waals surface area contributed by atoms with Crippen molar-refractivity contribution in [1.29, 1.82) is 0 Å². The van der Waals surface area contributed by atoms with Crippen molar-refractivity contribution in [2.24, 2.45) is 5.92 Å². The number of rotatable bonds is 3. The maximum absolute atomic E-state index is 12.5. The van der Waals surface area contributed by atoms with Crippen LogP contribution in [0.25, 0.3) is 0 Å². The van der Waals surface area contributed by atoms with Crippen molar-refractivity contribution in [3.05, 3.63) is 71.8 Å². The number of hydrogen-bond donors (Lipinski definition) is 0. The minimum absolute atomic E-state index is 0.345. The van der Waals surface area contributed by atoms with Crippen LogP contribution in [0.4, 0.5) is 0 Å². The monoisotopic (exact) mass is 305 g/mol. The molecule has 1 saturated heterocycles. The van der Waals surface area contributed by atoms with Crippen molar-refractivity contribution in [2.45, 2.75) is 44.2 Å². The van der Waals surface area contributed by atoms with Gasteiger partial charge in [-0.3, -0.25) is 4.79 Å². The molecule has 23 heavy (non-hydrogen) atoms. The number of amides is 1. The van der Waals surface area contributed by atoms with E-state index in [2.05, 4.69) is 59.5 Å². The molecule has 1 amide bonds. The summed E-state index contributed by atoms with van der Waals surface area (Å²) >= 11 is 0. The molecular weight excluding hydrogens is 282 g/mol. The van der Waals surface area contributed by atoms with E-state index < -0.39 is 0 Å². The lowest BCUT2D eigenvalue weighted by molar-refractivity contribution is -0.129. The summed E-state index contributed by atoms with van der Waals surface area (Å²) < 4.78 is 0. The van der Waals surface area contributed by atoms with E-state index in [0.717, 1.165) is 25.8 Å². The molecule has 3 atom stereocenters. The molecular formula is C21H23NO. The normalized spacial score (nSPS) is 27.0. The van der Waals surface area contributed by atoms with E-state index in [1.165, 1.54) is 17.5 Å². The highest BCUT2D eigenvalue weighted by Crippen LogP contribution is 2.43. The first-order valence-electron chi connectivity index (χ1n) is 8.69. The van der Waals surface area contributed by atoms with E-state index in [-0.39, 0.29) is 0 Å². The topological polar surface area (TPSA) is 20.3 Å². The van der Waals surface area contributed by atoms with Crippen molar-refractivity contribution in [2.75, 3.05) is 0 Å². The van der Waals surface area contributed by atoms with Gasteiger partial charge in [-0.25, -0.2) is 0 Å². The van der Waals surface area contributed by atoms with Crippen LogP contribution in [-0.4, -0.2) is 16.8 Å². The predicted octanol–water partition coefficient (Wildman–Crippen LogP) is 4.37. The molecule has 2 aromatic carbocycles. The third-order valence-corrected chi connectivity index (χ3v) is 5.57. The number of nitrogens with zero attached hydrogens (tertiary/aromatic N) is 1. The van der Waals surface area contributed by atoms with Gasteiger partial charge in [0.2, 0.25) is 5.91 Å². The van der Waals surface area contributed by atoms with Gasteiger partial charge in [0.15, 0.2) is 0 Å². The lowest BCUT2D eigenvalue weighted by atomic mass is 9.75. The van der Waals surface area contributed by atoms with Crippen molar-refractivity contribution in [3.8, 4) is 0 Å². The summed E-state index contributed by atoms with van der Waals surface area (Å²) in [6, 6.07) is 21.6. The van der Waals surface area contributed by atoms with Gasteiger partial charge in [0.25, 0.3) is 0 Å². The molecule has 4 rings (SSSR count). The van der Waals surface area contributed by atoms with E-state index in [1.54, 1.807) is 0 Å². The minimum Gasteiger partial charge on any atom is -0.335 e. The summed E-state index contributed by atoms with van der Waals surface area (Å²) in [6.07, 6.45) is 4.24. The molecule has 1 saturated carbocycles. The summed E-state index contributed by atoms with van der Waals surface area (Å²) in [5, 5.41) is 0. The van der Waals surface area contributed by atoms with Crippen LogP contribution < -0.4 is 0 Å². The summed E-state index contributed by atoms with van der Waals surface area (Å²) in [4.78, 5) is 14.7. The van der Waals surface area contributed by atoms with E-state index in [1.807, 2.05) is 6.07 Å². The molecule has 2 fully saturated rings. The maximum Gasteiger partial charge on any atom is 0.223 e. The molecule has 2 heteroatoms. The van der Waals surface area contributed by atoms with Gasteiger partial charge >= 0.3 is 0 Å². The number of carbonyl (C=O) groups excluding carboxylic acids is 1. The quantitative estimate of drug-likeness (QED) is 0.824. The molecule has 2 nitrogen and oxygen atoms in total. The second kappa shape index (κ2) is 6.19. The smallest absolute Gasteiger partial charge is 0.223 e. The number of fused-ring (bicyclic) bond motifs is 1. The van der Waals surface area contributed by atoms with Gasteiger partial charge in [-0.15, -0.1) is 0 Å². The van der Waals surface area contributed by atoms with Gasteiger partial charge in [0.05, 0.1) is 0 Å². The predicted molar refractivity (Wildman–Crippen MR) is 91.9 cm³/mol. The fraction of sp³-hybridized carbons (Fsp3) is 0.381. The summed E-state index contributed by atoms with van der Waals surface area (Å²) in [5.41, 5.74) is 2.69. The Morgan fingerprint density at radius 1 is 0.913 bits per heavy atom. The standard InChI is InChI=1S/C21H23NO/c23-21-14-19-13-18(17-9-5-2-6-10-17)11-12-20(19)22(21)15-16-7-3-1-4-8-16/h1-10,18-20H,11-15H2/t18-,19-,20-/m0/s1. The van der Waals surface area contributed by atoms with Crippen molar-refractivity contribution in [3.63, 3.8) is 0 Å². The molecule has 2 aromatic rings. The van der Waals surface area contributed by atoms with Crippen molar-refractivity contribution in [1.82, 2.24) is 4.90 Å². The lowest BCUT2D eigenvalue weighted by Crippen LogP contribution is -2.37. The van der Waals surface area contributed by atoms with Gasteiger partial charge in [0, 0.05) is 19.0 Å². The van der Waals surface area contributed by atoms with E-state index in [0.29, 0.717) is 23.8 Å². The molecule has 0 aromatic heterocycles. The number of carbonyl (C=O) groups is 1. The Morgan fingerprint density at radius 2 is 1.61 bits per heavy atom. The Kier molecular flexibility index (Phi) is 3.90. The highest BCUT2D eigenvalue weighted by molar-refractivity contribution is 5.79. The Morgan fingerprint density at radius 3 is 2.35 bits per heavy atom. The second-order valence-electron chi connectivity index (χ2n) is 6.96.